The zero-order valence-electron chi connectivity index (χ0n) is 14.0. The molecule has 1 N–H and O–H groups in total. The van der Waals surface area contributed by atoms with Gasteiger partial charge in [-0.05, 0) is 17.7 Å². The predicted octanol–water partition coefficient (Wildman–Crippen LogP) is 2.72. The number of aromatic nitrogens is 4. The minimum absolute atomic E-state index is 0.143. The molecule has 1 atom stereocenters. The molecule has 0 bridgehead atoms. The summed E-state index contributed by atoms with van der Waals surface area (Å²) in [7, 11) is 1.84. The van der Waals surface area contributed by atoms with Gasteiger partial charge in [0, 0.05) is 37.2 Å². The lowest BCUT2D eigenvalue weighted by atomic mass is 10.1. The summed E-state index contributed by atoms with van der Waals surface area (Å²) in [5, 5.41) is 4.89. The maximum atomic E-state index is 13.7. The minimum atomic E-state index is -0.540. The lowest BCUT2D eigenvalue weighted by molar-refractivity contribution is -0.121. The second kappa shape index (κ2) is 6.72. The molecule has 0 unspecified atom stereocenters. The molecule has 6 nitrogen and oxygen atoms in total. The van der Waals surface area contributed by atoms with Crippen molar-refractivity contribution in [3.05, 3.63) is 77.3 Å². The number of hydrogen-bond acceptors (Lipinski definition) is 4. The van der Waals surface area contributed by atoms with Crippen LogP contribution in [0.2, 0.25) is 0 Å². The number of rotatable bonds is 5. The van der Waals surface area contributed by atoms with Crippen molar-refractivity contribution in [2.75, 3.05) is 0 Å². The first-order valence-corrected chi connectivity index (χ1v) is 8.91. The number of nitrogens with one attached hydrogen (secondary N) is 1. The van der Waals surface area contributed by atoms with Crippen molar-refractivity contribution >= 4 is 22.2 Å². The molecular weight excluding hydrogens is 353 g/mol. The molecule has 3 heterocycles. The first-order chi connectivity index (χ1) is 12.6. The number of aryl methyl sites for hydroxylation is 1. The highest BCUT2D eigenvalue weighted by molar-refractivity contribution is 7.15. The molecule has 0 aliphatic rings. The molecule has 0 aliphatic carbocycles. The molecule has 1 amide bonds. The van der Waals surface area contributed by atoms with E-state index in [0.29, 0.717) is 17.1 Å². The largest absolute Gasteiger partial charge is 0.342 e. The van der Waals surface area contributed by atoms with Crippen molar-refractivity contribution in [2.24, 2.45) is 7.05 Å². The van der Waals surface area contributed by atoms with Crippen LogP contribution in [0.1, 0.15) is 23.1 Å². The molecular formula is C18H16FN5OS. The van der Waals surface area contributed by atoms with Gasteiger partial charge in [-0.25, -0.2) is 14.4 Å². The van der Waals surface area contributed by atoms with E-state index < -0.39 is 6.04 Å². The maximum Gasteiger partial charge on any atom is 0.226 e. The molecule has 0 fully saturated rings. The lowest BCUT2D eigenvalue weighted by Gasteiger charge is -2.19. The molecule has 3 aromatic heterocycles. The van der Waals surface area contributed by atoms with Crippen LogP contribution in [0, 0.1) is 5.82 Å². The molecule has 1 aromatic carbocycles. The van der Waals surface area contributed by atoms with Crippen LogP contribution in [-0.4, -0.2) is 24.8 Å². The molecule has 132 valence electrons. The van der Waals surface area contributed by atoms with Gasteiger partial charge in [0.15, 0.2) is 4.96 Å². The first kappa shape index (κ1) is 16.5. The molecule has 0 radical (unpaired) electrons. The van der Waals surface area contributed by atoms with Gasteiger partial charge in [0.25, 0.3) is 0 Å². The fourth-order valence-corrected chi connectivity index (χ4v) is 3.60. The van der Waals surface area contributed by atoms with E-state index in [2.05, 4.69) is 15.3 Å². The van der Waals surface area contributed by atoms with E-state index in [1.54, 1.807) is 24.5 Å². The number of amides is 1. The SMILES string of the molecule is Cn1ccnc1[C@@H](NC(=O)Cc1cn2ccsc2n1)c1cccc(F)c1. The Morgan fingerprint density at radius 1 is 1.38 bits per heavy atom. The van der Waals surface area contributed by atoms with Crippen LogP contribution in [-0.2, 0) is 18.3 Å². The van der Waals surface area contributed by atoms with Crippen LogP contribution in [0.5, 0.6) is 0 Å². The predicted molar refractivity (Wildman–Crippen MR) is 96.4 cm³/mol. The number of nitrogens with zero attached hydrogens (tertiary/aromatic N) is 4. The average molecular weight is 369 g/mol. The number of fused-ring (bicyclic) bond motifs is 1. The highest BCUT2D eigenvalue weighted by Crippen LogP contribution is 2.21. The zero-order valence-corrected chi connectivity index (χ0v) is 14.8. The summed E-state index contributed by atoms with van der Waals surface area (Å²) in [6.45, 7) is 0. The van der Waals surface area contributed by atoms with Crippen molar-refractivity contribution in [3.8, 4) is 0 Å². The Bertz CT molecular complexity index is 1040. The number of thiazole rings is 1. The number of imidazole rings is 2. The molecule has 4 aromatic rings. The third-order valence-electron chi connectivity index (χ3n) is 4.09. The van der Waals surface area contributed by atoms with Crippen LogP contribution in [0.25, 0.3) is 4.96 Å². The summed E-state index contributed by atoms with van der Waals surface area (Å²) in [5.74, 6) is 0.0769. The quantitative estimate of drug-likeness (QED) is 0.588. The van der Waals surface area contributed by atoms with Crippen molar-refractivity contribution < 1.29 is 9.18 Å². The smallest absolute Gasteiger partial charge is 0.226 e. The Morgan fingerprint density at radius 2 is 2.27 bits per heavy atom. The number of halogens is 1. The Balaban J connectivity index is 1.58. The molecule has 4 rings (SSSR count). The van der Waals surface area contributed by atoms with Gasteiger partial charge < -0.3 is 9.88 Å². The van der Waals surface area contributed by atoms with Gasteiger partial charge in [0.05, 0.1) is 12.1 Å². The summed E-state index contributed by atoms with van der Waals surface area (Å²) < 4.78 is 17.4. The molecule has 26 heavy (non-hydrogen) atoms. The summed E-state index contributed by atoms with van der Waals surface area (Å²) in [6, 6.07) is 5.64. The van der Waals surface area contributed by atoms with Crippen molar-refractivity contribution in [2.45, 2.75) is 12.5 Å². The first-order valence-electron chi connectivity index (χ1n) is 8.03. The van der Waals surface area contributed by atoms with Gasteiger partial charge >= 0.3 is 0 Å². The number of hydrogen-bond donors (Lipinski definition) is 1. The zero-order chi connectivity index (χ0) is 18.1. The minimum Gasteiger partial charge on any atom is -0.342 e. The molecule has 0 saturated carbocycles. The van der Waals surface area contributed by atoms with Crippen LogP contribution in [0.15, 0.2) is 54.4 Å². The van der Waals surface area contributed by atoms with Gasteiger partial charge in [-0.2, -0.15) is 0 Å². The van der Waals surface area contributed by atoms with Gasteiger partial charge in [0.2, 0.25) is 5.91 Å². The normalized spacial score (nSPS) is 12.4. The third-order valence-corrected chi connectivity index (χ3v) is 4.86. The number of carbonyl (C=O) groups excluding carboxylic acids is 1. The summed E-state index contributed by atoms with van der Waals surface area (Å²) >= 11 is 1.51. The number of carbonyl (C=O) groups is 1. The summed E-state index contributed by atoms with van der Waals surface area (Å²) in [4.78, 5) is 22.2. The van der Waals surface area contributed by atoms with Crippen molar-refractivity contribution in [1.29, 1.82) is 0 Å². The van der Waals surface area contributed by atoms with Gasteiger partial charge in [0.1, 0.15) is 17.7 Å². The van der Waals surface area contributed by atoms with E-state index >= 15 is 0 Å². The topological polar surface area (TPSA) is 64.2 Å². The second-order valence-corrected chi connectivity index (χ2v) is 6.83. The summed E-state index contributed by atoms with van der Waals surface area (Å²) in [5.41, 5.74) is 1.32. The highest BCUT2D eigenvalue weighted by atomic mass is 32.1. The van der Waals surface area contributed by atoms with Gasteiger partial charge in [-0.1, -0.05) is 12.1 Å². The number of benzene rings is 1. The fraction of sp³-hybridized carbons (Fsp3) is 0.167. The van der Waals surface area contributed by atoms with E-state index in [0.717, 1.165) is 4.96 Å². The van der Waals surface area contributed by atoms with E-state index in [4.69, 9.17) is 0 Å². The molecule has 0 spiro atoms. The van der Waals surface area contributed by atoms with Crippen LogP contribution in [0.4, 0.5) is 4.39 Å². The van der Waals surface area contributed by atoms with E-state index in [1.165, 1.54) is 23.5 Å². The molecule has 8 heteroatoms. The van der Waals surface area contributed by atoms with Crippen LogP contribution < -0.4 is 5.32 Å². The fourth-order valence-electron chi connectivity index (χ4n) is 2.88. The Kier molecular flexibility index (Phi) is 4.26. The lowest BCUT2D eigenvalue weighted by Crippen LogP contribution is -2.32. The Hall–Kier alpha value is -3.00. The Morgan fingerprint density at radius 3 is 3.00 bits per heavy atom. The summed E-state index contributed by atoms with van der Waals surface area (Å²) in [6.07, 6.45) is 7.32. The average Bonchev–Trinajstić information content (AvgIpc) is 3.29. The monoisotopic (exact) mass is 369 g/mol. The van der Waals surface area contributed by atoms with E-state index in [9.17, 15) is 9.18 Å². The van der Waals surface area contributed by atoms with Crippen LogP contribution >= 0.6 is 11.3 Å². The van der Waals surface area contributed by atoms with Crippen molar-refractivity contribution in [1.82, 2.24) is 24.3 Å². The molecule has 0 saturated heterocycles. The van der Waals surface area contributed by atoms with Gasteiger partial charge in [-0.15, -0.1) is 11.3 Å². The van der Waals surface area contributed by atoms with Crippen molar-refractivity contribution in [3.63, 3.8) is 0 Å². The Labute approximate surface area is 152 Å². The van der Waals surface area contributed by atoms with Crippen LogP contribution in [0.3, 0.4) is 0 Å². The van der Waals surface area contributed by atoms with E-state index in [-0.39, 0.29) is 18.1 Å². The molecule has 0 aliphatic heterocycles. The standard InChI is InChI=1S/C18H16FN5OS/c1-23-6-5-20-17(23)16(12-3-2-4-13(19)9-12)22-15(25)10-14-11-24-7-8-26-18(24)21-14/h2-9,11,16H,10H2,1H3,(H,22,25)/t16-/m0/s1. The van der Waals surface area contributed by atoms with Gasteiger partial charge in [-0.3, -0.25) is 9.20 Å². The second-order valence-electron chi connectivity index (χ2n) is 5.95. The highest BCUT2D eigenvalue weighted by Gasteiger charge is 2.21. The van der Waals surface area contributed by atoms with E-state index in [1.807, 2.05) is 33.8 Å². The third kappa shape index (κ3) is 3.23. The maximum absolute atomic E-state index is 13.7.